The van der Waals surface area contributed by atoms with E-state index in [-0.39, 0.29) is 6.54 Å². The third-order valence-electron chi connectivity index (χ3n) is 2.98. The van der Waals surface area contributed by atoms with E-state index in [1.54, 1.807) is 0 Å². The first kappa shape index (κ1) is 14.8. The van der Waals surface area contributed by atoms with Crippen LogP contribution in [0.2, 0.25) is 0 Å². The van der Waals surface area contributed by atoms with Gasteiger partial charge in [0.15, 0.2) is 0 Å². The predicted molar refractivity (Wildman–Crippen MR) is 60.4 cm³/mol. The lowest BCUT2D eigenvalue weighted by Gasteiger charge is -2.32. The van der Waals surface area contributed by atoms with Crippen molar-refractivity contribution >= 4 is 0 Å². The Hall–Kier alpha value is -0.280. The highest BCUT2D eigenvalue weighted by Crippen LogP contribution is 2.07. The summed E-state index contributed by atoms with van der Waals surface area (Å²) in [7, 11) is 0. The summed E-state index contributed by atoms with van der Waals surface area (Å²) in [6.45, 7) is 2.76. The molecule has 6 N–H and O–H groups in total. The van der Waals surface area contributed by atoms with Gasteiger partial charge in [0.1, 0.15) is 18.3 Å². The normalized spacial score (nSPS) is 25.2. The first-order valence-electron chi connectivity index (χ1n) is 5.82. The molecule has 0 radical (unpaired) electrons. The Bertz CT molecular complexity index is 213. The third-order valence-corrected chi connectivity index (χ3v) is 2.98. The third kappa shape index (κ3) is 4.47. The van der Waals surface area contributed by atoms with Crippen LogP contribution in [0.4, 0.5) is 0 Å². The summed E-state index contributed by atoms with van der Waals surface area (Å²) in [4.78, 5) is 1.96. The number of hydrogen-bond acceptors (Lipinski definition) is 7. The molecule has 1 aliphatic heterocycles. The average molecular weight is 250 g/mol. The van der Waals surface area contributed by atoms with Crippen molar-refractivity contribution in [3.05, 3.63) is 0 Å². The number of hydrogen-bond donors (Lipinski definition) is 6. The van der Waals surface area contributed by atoms with Crippen LogP contribution in [-0.2, 0) is 0 Å². The van der Waals surface area contributed by atoms with Crippen molar-refractivity contribution < 1.29 is 25.5 Å². The lowest BCUT2D eigenvalue weighted by Crippen LogP contribution is -2.52. The smallest absolute Gasteiger partial charge is 0.111 e. The molecule has 1 saturated heterocycles. The number of aliphatic hydroxyl groups is 5. The van der Waals surface area contributed by atoms with E-state index >= 15 is 0 Å². The van der Waals surface area contributed by atoms with E-state index in [0.717, 1.165) is 26.2 Å². The second kappa shape index (κ2) is 7.22. The molecule has 0 aromatic carbocycles. The van der Waals surface area contributed by atoms with Gasteiger partial charge in [0, 0.05) is 32.7 Å². The van der Waals surface area contributed by atoms with Gasteiger partial charge in [-0.05, 0) is 0 Å². The monoisotopic (exact) mass is 250 g/mol. The molecule has 0 bridgehead atoms. The van der Waals surface area contributed by atoms with Gasteiger partial charge < -0.3 is 30.8 Å². The Kier molecular flexibility index (Phi) is 6.28. The molecule has 1 heterocycles. The van der Waals surface area contributed by atoms with Crippen molar-refractivity contribution in [2.75, 3.05) is 39.3 Å². The van der Waals surface area contributed by atoms with Crippen LogP contribution in [0.15, 0.2) is 0 Å². The highest BCUT2D eigenvalue weighted by Gasteiger charge is 2.31. The molecular weight excluding hydrogens is 228 g/mol. The maximum Gasteiger partial charge on any atom is 0.111 e. The van der Waals surface area contributed by atoms with E-state index in [1.807, 2.05) is 4.90 Å². The van der Waals surface area contributed by atoms with Crippen LogP contribution >= 0.6 is 0 Å². The summed E-state index contributed by atoms with van der Waals surface area (Å²) in [5.41, 5.74) is 0. The fraction of sp³-hybridized carbons (Fsp3) is 1.00. The fourth-order valence-corrected chi connectivity index (χ4v) is 1.83. The summed E-state index contributed by atoms with van der Waals surface area (Å²) in [5.74, 6) is 0. The molecule has 17 heavy (non-hydrogen) atoms. The first-order chi connectivity index (χ1) is 8.06. The van der Waals surface area contributed by atoms with Crippen molar-refractivity contribution in [3.8, 4) is 0 Å². The van der Waals surface area contributed by atoms with Crippen LogP contribution in [0.3, 0.4) is 0 Å². The predicted octanol–water partition coefficient (Wildman–Crippen LogP) is -3.67. The number of nitrogens with zero attached hydrogens (tertiary/aromatic N) is 1. The van der Waals surface area contributed by atoms with Gasteiger partial charge in [-0.25, -0.2) is 0 Å². The molecule has 4 atom stereocenters. The first-order valence-corrected chi connectivity index (χ1v) is 5.82. The topological polar surface area (TPSA) is 116 Å². The van der Waals surface area contributed by atoms with E-state index < -0.39 is 31.0 Å². The Labute approximate surface area is 100 Å². The minimum atomic E-state index is -1.54. The molecular formula is C10H22N2O5. The van der Waals surface area contributed by atoms with Gasteiger partial charge in [-0.15, -0.1) is 0 Å². The quantitative estimate of drug-likeness (QED) is 0.288. The summed E-state index contributed by atoms with van der Waals surface area (Å²) in [6.07, 6.45) is -5.60. The zero-order valence-electron chi connectivity index (χ0n) is 9.74. The summed E-state index contributed by atoms with van der Waals surface area (Å²) in [6, 6.07) is 0. The number of aliphatic hydroxyl groups excluding tert-OH is 5. The standard InChI is InChI=1S/C10H22N2O5/c13-6-8(15)10(17)9(16)7(14)5-12-3-1-11-2-4-12/h7-11,13-17H,1-6H2/t7-,8+,9+,10+/m0/s1. The largest absolute Gasteiger partial charge is 0.394 e. The molecule has 7 heteroatoms. The zero-order valence-corrected chi connectivity index (χ0v) is 9.74. The SMILES string of the molecule is OC[C@@H](O)[C@@H](O)[C@H](O)[C@@H](O)CN1CCNCC1. The maximum absolute atomic E-state index is 9.72. The van der Waals surface area contributed by atoms with Crippen LogP contribution in [0, 0.1) is 0 Å². The fourth-order valence-electron chi connectivity index (χ4n) is 1.83. The van der Waals surface area contributed by atoms with Gasteiger partial charge >= 0.3 is 0 Å². The lowest BCUT2D eigenvalue weighted by molar-refractivity contribution is -0.119. The number of piperazine rings is 1. The molecule has 0 aromatic heterocycles. The van der Waals surface area contributed by atoms with Crippen LogP contribution < -0.4 is 5.32 Å². The van der Waals surface area contributed by atoms with Crippen LogP contribution in [0.1, 0.15) is 0 Å². The molecule has 0 unspecified atom stereocenters. The Morgan fingerprint density at radius 2 is 1.47 bits per heavy atom. The molecule has 0 aromatic rings. The van der Waals surface area contributed by atoms with Crippen molar-refractivity contribution in [1.82, 2.24) is 10.2 Å². The highest BCUT2D eigenvalue weighted by molar-refractivity contribution is 4.83. The van der Waals surface area contributed by atoms with E-state index in [0.29, 0.717) is 0 Å². The van der Waals surface area contributed by atoms with Crippen molar-refractivity contribution in [1.29, 1.82) is 0 Å². The van der Waals surface area contributed by atoms with Crippen molar-refractivity contribution in [3.63, 3.8) is 0 Å². The molecule has 1 rings (SSSR count). The summed E-state index contributed by atoms with van der Waals surface area (Å²) >= 11 is 0. The van der Waals surface area contributed by atoms with E-state index in [2.05, 4.69) is 5.32 Å². The molecule has 0 amide bonds. The zero-order chi connectivity index (χ0) is 12.8. The van der Waals surface area contributed by atoms with Gasteiger partial charge in [-0.3, -0.25) is 4.90 Å². The van der Waals surface area contributed by atoms with E-state index in [4.69, 9.17) is 10.2 Å². The Balaban J connectivity index is 2.37. The molecule has 0 saturated carbocycles. The van der Waals surface area contributed by atoms with Gasteiger partial charge in [0.2, 0.25) is 0 Å². The van der Waals surface area contributed by atoms with Crippen molar-refractivity contribution in [2.24, 2.45) is 0 Å². The molecule has 0 spiro atoms. The van der Waals surface area contributed by atoms with E-state index in [9.17, 15) is 15.3 Å². The minimum absolute atomic E-state index is 0.234. The number of nitrogens with one attached hydrogen (secondary N) is 1. The molecule has 0 aliphatic carbocycles. The van der Waals surface area contributed by atoms with Crippen molar-refractivity contribution in [2.45, 2.75) is 24.4 Å². The average Bonchev–Trinajstić information content (AvgIpc) is 2.37. The second-order valence-electron chi connectivity index (χ2n) is 4.35. The van der Waals surface area contributed by atoms with E-state index in [1.165, 1.54) is 0 Å². The molecule has 102 valence electrons. The number of rotatable bonds is 6. The molecule has 1 fully saturated rings. The van der Waals surface area contributed by atoms with Gasteiger partial charge in [-0.2, -0.15) is 0 Å². The summed E-state index contributed by atoms with van der Waals surface area (Å²) < 4.78 is 0. The van der Waals surface area contributed by atoms with Gasteiger partial charge in [0.25, 0.3) is 0 Å². The van der Waals surface area contributed by atoms with Crippen LogP contribution in [0.25, 0.3) is 0 Å². The van der Waals surface area contributed by atoms with Gasteiger partial charge in [0.05, 0.1) is 12.7 Å². The molecule has 1 aliphatic rings. The van der Waals surface area contributed by atoms with Crippen LogP contribution in [0.5, 0.6) is 0 Å². The molecule has 7 nitrogen and oxygen atoms in total. The number of β-amino-alcohol motifs (C(OH)–C–C–N with tert-alkyl or cyclic N) is 1. The van der Waals surface area contributed by atoms with Gasteiger partial charge in [-0.1, -0.05) is 0 Å². The second-order valence-corrected chi connectivity index (χ2v) is 4.35. The minimum Gasteiger partial charge on any atom is -0.394 e. The highest BCUT2D eigenvalue weighted by atomic mass is 16.4. The lowest BCUT2D eigenvalue weighted by atomic mass is 10.0. The van der Waals surface area contributed by atoms with Crippen LogP contribution in [-0.4, -0.2) is 94.2 Å². The summed E-state index contributed by atoms with van der Waals surface area (Å²) in [5, 5.41) is 49.7. The Morgan fingerprint density at radius 3 is 2.00 bits per heavy atom. The Morgan fingerprint density at radius 1 is 0.941 bits per heavy atom. The maximum atomic E-state index is 9.72.